The van der Waals surface area contributed by atoms with Gasteiger partial charge in [0, 0.05) is 18.0 Å². The normalized spacial score (nSPS) is 11.7. The van der Waals surface area contributed by atoms with Gasteiger partial charge in [-0.25, -0.2) is 15.0 Å². The van der Waals surface area contributed by atoms with Gasteiger partial charge in [0.2, 0.25) is 5.88 Å². The summed E-state index contributed by atoms with van der Waals surface area (Å²) in [6, 6.07) is 5.61. The fourth-order valence-electron chi connectivity index (χ4n) is 3.30. The molecule has 4 rings (SSSR count). The van der Waals surface area contributed by atoms with Crippen molar-refractivity contribution in [2.75, 3.05) is 14.2 Å². The number of nitrogens with zero attached hydrogens (tertiary/aromatic N) is 4. The number of hydrogen-bond acceptors (Lipinski definition) is 6. The van der Waals surface area contributed by atoms with E-state index in [9.17, 15) is 18.3 Å². The van der Waals surface area contributed by atoms with Crippen LogP contribution in [-0.2, 0) is 6.18 Å². The van der Waals surface area contributed by atoms with Crippen LogP contribution in [-0.4, -0.2) is 38.8 Å². The largest absolute Gasteiger partial charge is 0.494 e. The van der Waals surface area contributed by atoms with Crippen molar-refractivity contribution >= 4 is 10.9 Å². The molecule has 7 nitrogen and oxygen atoms in total. The van der Waals surface area contributed by atoms with Gasteiger partial charge < -0.3 is 14.6 Å². The second kappa shape index (κ2) is 7.46. The lowest BCUT2D eigenvalue weighted by atomic mass is 10.1. The summed E-state index contributed by atoms with van der Waals surface area (Å²) in [6.07, 6.45) is -0.358. The van der Waals surface area contributed by atoms with Crippen LogP contribution in [0.3, 0.4) is 0 Å². The maximum Gasteiger partial charge on any atom is 0.433 e. The van der Waals surface area contributed by atoms with Crippen LogP contribution in [0, 0.1) is 6.92 Å². The first-order valence-electron chi connectivity index (χ1n) is 9.06. The number of ether oxygens (including phenoxy) is 2. The number of pyridine rings is 3. The number of halogens is 3. The van der Waals surface area contributed by atoms with E-state index in [-0.39, 0.29) is 11.6 Å². The molecule has 0 saturated heterocycles. The Hall–Kier alpha value is -3.82. The molecule has 4 aromatic rings. The van der Waals surface area contributed by atoms with Gasteiger partial charge in [-0.2, -0.15) is 13.2 Å². The summed E-state index contributed by atoms with van der Waals surface area (Å²) in [6.45, 7) is 1.80. The minimum absolute atomic E-state index is 0.140. The average molecular weight is 430 g/mol. The molecular weight excluding hydrogens is 413 g/mol. The third kappa shape index (κ3) is 3.60. The Balaban J connectivity index is 1.81. The SMILES string of the molecule is COc1cc(-c2cc(C)c3c(O)n(-c4ccc(C(F)(F)F)nc4)cc3n2)cnc1OC. The lowest BCUT2D eigenvalue weighted by Gasteiger charge is -2.09. The maximum absolute atomic E-state index is 12.8. The number of fused-ring (bicyclic) bond motifs is 1. The molecule has 4 heterocycles. The van der Waals surface area contributed by atoms with Crippen molar-refractivity contribution in [2.45, 2.75) is 13.1 Å². The van der Waals surface area contributed by atoms with E-state index in [0.29, 0.717) is 33.8 Å². The number of aromatic nitrogens is 4. The highest BCUT2D eigenvalue weighted by molar-refractivity contribution is 5.90. The second-order valence-electron chi connectivity index (χ2n) is 6.74. The van der Waals surface area contributed by atoms with Crippen LogP contribution in [0.2, 0.25) is 0 Å². The Labute approximate surface area is 174 Å². The Morgan fingerprint density at radius 1 is 1.03 bits per heavy atom. The Kier molecular flexibility index (Phi) is 4.92. The van der Waals surface area contributed by atoms with Gasteiger partial charge in [-0.05, 0) is 36.8 Å². The van der Waals surface area contributed by atoms with E-state index in [4.69, 9.17) is 9.47 Å². The summed E-state index contributed by atoms with van der Waals surface area (Å²) >= 11 is 0. The molecular formula is C21H17F3N4O3. The minimum atomic E-state index is -4.54. The molecule has 4 aromatic heterocycles. The summed E-state index contributed by atoms with van der Waals surface area (Å²) in [5, 5.41) is 11.2. The topological polar surface area (TPSA) is 82.3 Å². The molecule has 0 bridgehead atoms. The Morgan fingerprint density at radius 2 is 1.81 bits per heavy atom. The van der Waals surface area contributed by atoms with Gasteiger partial charge >= 0.3 is 6.18 Å². The zero-order valence-corrected chi connectivity index (χ0v) is 16.7. The summed E-state index contributed by atoms with van der Waals surface area (Å²) in [5.74, 6) is 0.636. The van der Waals surface area contributed by atoms with Crippen molar-refractivity contribution in [3.8, 4) is 34.5 Å². The number of aromatic hydroxyl groups is 1. The molecule has 0 spiro atoms. The number of hydrogen-bond donors (Lipinski definition) is 1. The van der Waals surface area contributed by atoms with E-state index >= 15 is 0 Å². The predicted octanol–water partition coefficient (Wildman–Crippen LogP) is 4.53. The highest BCUT2D eigenvalue weighted by Crippen LogP contribution is 2.36. The van der Waals surface area contributed by atoms with E-state index < -0.39 is 11.9 Å². The van der Waals surface area contributed by atoms with Crippen molar-refractivity contribution in [3.05, 3.63) is 54.1 Å². The van der Waals surface area contributed by atoms with Crippen molar-refractivity contribution in [2.24, 2.45) is 0 Å². The standard InChI is InChI=1S/C21H17F3N4O3/c1-11-6-14(12-7-16(30-2)19(31-3)26-8-12)27-15-10-28(20(29)18(11)15)13-4-5-17(25-9-13)21(22,23)24/h4-10,29H,1-3H3. The van der Waals surface area contributed by atoms with Gasteiger partial charge in [-0.3, -0.25) is 4.57 Å². The predicted molar refractivity (Wildman–Crippen MR) is 107 cm³/mol. The van der Waals surface area contributed by atoms with Gasteiger partial charge in [0.15, 0.2) is 5.75 Å². The van der Waals surface area contributed by atoms with E-state index in [1.165, 1.54) is 24.9 Å². The van der Waals surface area contributed by atoms with Crippen molar-refractivity contribution in [1.82, 2.24) is 19.5 Å². The van der Waals surface area contributed by atoms with Gasteiger partial charge in [-0.1, -0.05) is 0 Å². The molecule has 0 amide bonds. The number of methoxy groups -OCH3 is 2. The maximum atomic E-state index is 12.8. The number of aryl methyl sites for hydroxylation is 1. The van der Waals surface area contributed by atoms with Gasteiger partial charge in [-0.15, -0.1) is 0 Å². The molecule has 31 heavy (non-hydrogen) atoms. The molecule has 0 saturated carbocycles. The molecule has 0 fully saturated rings. The summed E-state index contributed by atoms with van der Waals surface area (Å²) < 4.78 is 50.1. The number of rotatable bonds is 4. The molecule has 160 valence electrons. The molecule has 0 unspecified atom stereocenters. The van der Waals surface area contributed by atoms with Crippen LogP contribution >= 0.6 is 0 Å². The highest BCUT2D eigenvalue weighted by atomic mass is 19.4. The lowest BCUT2D eigenvalue weighted by Crippen LogP contribution is -2.08. The second-order valence-corrected chi connectivity index (χ2v) is 6.74. The quantitative estimate of drug-likeness (QED) is 0.512. The first-order chi connectivity index (χ1) is 14.7. The third-order valence-electron chi connectivity index (χ3n) is 4.79. The van der Waals surface area contributed by atoms with Crippen LogP contribution in [0.4, 0.5) is 13.2 Å². The van der Waals surface area contributed by atoms with Gasteiger partial charge in [0.05, 0.1) is 42.7 Å². The monoisotopic (exact) mass is 430 g/mol. The summed E-state index contributed by atoms with van der Waals surface area (Å²) in [4.78, 5) is 12.2. The minimum Gasteiger partial charge on any atom is -0.494 e. The van der Waals surface area contributed by atoms with E-state index in [1.807, 2.05) is 0 Å². The fraction of sp³-hybridized carbons (Fsp3) is 0.190. The van der Waals surface area contributed by atoms with E-state index in [0.717, 1.165) is 17.8 Å². The number of alkyl halides is 3. The Morgan fingerprint density at radius 3 is 2.42 bits per heavy atom. The van der Waals surface area contributed by atoms with Crippen molar-refractivity contribution < 1.29 is 27.8 Å². The van der Waals surface area contributed by atoms with Gasteiger partial charge in [0.25, 0.3) is 5.88 Å². The molecule has 0 atom stereocenters. The summed E-state index contributed by atoms with van der Waals surface area (Å²) in [5.41, 5.74) is 1.71. The first kappa shape index (κ1) is 20.5. The van der Waals surface area contributed by atoms with Crippen LogP contribution in [0.1, 0.15) is 11.3 Å². The molecule has 0 radical (unpaired) electrons. The van der Waals surface area contributed by atoms with Gasteiger partial charge in [0.1, 0.15) is 5.69 Å². The van der Waals surface area contributed by atoms with Crippen LogP contribution < -0.4 is 9.47 Å². The summed E-state index contributed by atoms with van der Waals surface area (Å²) in [7, 11) is 2.99. The smallest absolute Gasteiger partial charge is 0.433 e. The average Bonchev–Trinajstić information content (AvgIpc) is 3.09. The Bertz CT molecular complexity index is 1270. The molecule has 0 aliphatic rings. The van der Waals surface area contributed by atoms with Crippen LogP contribution in [0.25, 0.3) is 27.8 Å². The molecule has 0 aromatic carbocycles. The van der Waals surface area contributed by atoms with E-state index in [1.54, 1.807) is 31.5 Å². The van der Waals surface area contributed by atoms with Crippen molar-refractivity contribution in [3.63, 3.8) is 0 Å². The van der Waals surface area contributed by atoms with Crippen LogP contribution in [0.15, 0.2) is 42.9 Å². The molecule has 0 aliphatic carbocycles. The molecule has 0 aliphatic heterocycles. The first-order valence-corrected chi connectivity index (χ1v) is 9.06. The highest BCUT2D eigenvalue weighted by Gasteiger charge is 2.32. The molecule has 10 heteroatoms. The zero-order chi connectivity index (χ0) is 22.3. The molecule has 1 N–H and O–H groups in total. The fourth-order valence-corrected chi connectivity index (χ4v) is 3.30. The third-order valence-corrected chi connectivity index (χ3v) is 4.79. The van der Waals surface area contributed by atoms with E-state index in [2.05, 4.69) is 15.0 Å². The lowest BCUT2D eigenvalue weighted by molar-refractivity contribution is -0.141. The zero-order valence-electron chi connectivity index (χ0n) is 16.7. The van der Waals surface area contributed by atoms with Crippen molar-refractivity contribution in [1.29, 1.82) is 0 Å². The van der Waals surface area contributed by atoms with Crippen LogP contribution in [0.5, 0.6) is 17.5 Å².